The fourth-order valence-corrected chi connectivity index (χ4v) is 4.67. The van der Waals surface area contributed by atoms with Crippen LogP contribution in [0.1, 0.15) is 23.6 Å². The maximum absolute atomic E-state index is 12.5. The first-order valence-electron chi connectivity index (χ1n) is 10.1. The summed E-state index contributed by atoms with van der Waals surface area (Å²) in [7, 11) is 0. The zero-order valence-corrected chi connectivity index (χ0v) is 20.0. The molecular formula is C22H17Cl2N5O5S. The normalized spacial score (nSPS) is 17.3. The number of anilines is 1. The van der Waals surface area contributed by atoms with Crippen LogP contribution in [-0.2, 0) is 9.59 Å². The average molecular weight is 534 g/mol. The van der Waals surface area contributed by atoms with Crippen molar-refractivity contribution in [1.29, 1.82) is 0 Å². The summed E-state index contributed by atoms with van der Waals surface area (Å²) in [6.07, 6.45) is -0.134. The third-order valence-corrected chi connectivity index (χ3v) is 6.50. The molecule has 1 aliphatic heterocycles. The van der Waals surface area contributed by atoms with Gasteiger partial charge in [0.05, 0.1) is 0 Å². The maximum Gasteiger partial charge on any atom is 0.328 e. The number of rotatable bonds is 6. The van der Waals surface area contributed by atoms with Crippen LogP contribution in [0.4, 0.5) is 5.69 Å². The molecule has 3 aromatic rings. The maximum atomic E-state index is 12.5. The van der Waals surface area contributed by atoms with Crippen LogP contribution in [-0.4, -0.2) is 37.3 Å². The minimum absolute atomic E-state index is 0.134. The number of amidine groups is 1. The molecule has 180 valence electrons. The molecule has 1 fully saturated rings. The van der Waals surface area contributed by atoms with Gasteiger partial charge in [-0.1, -0.05) is 47.1 Å². The van der Waals surface area contributed by atoms with Crippen LogP contribution in [0.25, 0.3) is 0 Å². The van der Waals surface area contributed by atoms with E-state index in [4.69, 9.17) is 23.2 Å². The Morgan fingerprint density at radius 3 is 2.51 bits per heavy atom. The number of benzene rings is 2. The number of aromatic amines is 2. The van der Waals surface area contributed by atoms with Crippen LogP contribution in [0.3, 0.4) is 0 Å². The number of thioether (sulfide) groups is 1. The topological polar surface area (TPSA) is 157 Å². The molecule has 1 aromatic heterocycles. The Bertz CT molecular complexity index is 1440. The van der Waals surface area contributed by atoms with Gasteiger partial charge < -0.3 is 15.7 Å². The lowest BCUT2D eigenvalue weighted by atomic mass is 10.0. The van der Waals surface area contributed by atoms with E-state index in [0.29, 0.717) is 21.3 Å². The largest absolute Gasteiger partial charge is 0.494 e. The average Bonchev–Trinajstić information content (AvgIpc) is 3.12. The Balaban J connectivity index is 1.59. The monoisotopic (exact) mass is 533 g/mol. The molecule has 1 saturated heterocycles. The zero-order chi connectivity index (χ0) is 25.1. The minimum Gasteiger partial charge on any atom is -0.494 e. The number of hydrogen-bond acceptors (Lipinski definition) is 7. The Hall–Kier alpha value is -3.54. The van der Waals surface area contributed by atoms with E-state index in [1.807, 2.05) is 0 Å². The lowest BCUT2D eigenvalue weighted by molar-refractivity contribution is -0.122. The number of halogens is 2. The number of H-pyrrole nitrogens is 2. The van der Waals surface area contributed by atoms with Crippen molar-refractivity contribution in [3.8, 4) is 5.88 Å². The van der Waals surface area contributed by atoms with Crippen LogP contribution >= 0.6 is 35.0 Å². The van der Waals surface area contributed by atoms with E-state index in [9.17, 15) is 24.3 Å². The van der Waals surface area contributed by atoms with E-state index in [2.05, 4.69) is 25.6 Å². The summed E-state index contributed by atoms with van der Waals surface area (Å²) >= 11 is 12.9. The molecule has 2 aromatic carbocycles. The van der Waals surface area contributed by atoms with Crippen molar-refractivity contribution in [3.05, 3.63) is 90.5 Å². The van der Waals surface area contributed by atoms with Gasteiger partial charge in [0.25, 0.3) is 5.56 Å². The van der Waals surface area contributed by atoms with Gasteiger partial charge in [0, 0.05) is 22.2 Å². The summed E-state index contributed by atoms with van der Waals surface area (Å²) in [4.78, 5) is 57.6. The van der Waals surface area contributed by atoms with E-state index in [1.165, 1.54) is 0 Å². The molecule has 2 heterocycles. The molecule has 2 amide bonds. The molecule has 0 radical (unpaired) electrons. The van der Waals surface area contributed by atoms with Crippen molar-refractivity contribution in [2.75, 3.05) is 5.32 Å². The van der Waals surface area contributed by atoms with Crippen molar-refractivity contribution in [1.82, 2.24) is 15.3 Å². The summed E-state index contributed by atoms with van der Waals surface area (Å²) < 4.78 is 0. The first-order chi connectivity index (χ1) is 16.7. The van der Waals surface area contributed by atoms with Gasteiger partial charge in [0.15, 0.2) is 5.17 Å². The molecule has 0 bridgehead atoms. The van der Waals surface area contributed by atoms with E-state index in [1.54, 1.807) is 48.5 Å². The van der Waals surface area contributed by atoms with Crippen LogP contribution in [0.15, 0.2) is 63.1 Å². The molecule has 4 rings (SSSR count). The smallest absolute Gasteiger partial charge is 0.328 e. The molecule has 2 atom stereocenters. The molecule has 1 aliphatic rings. The Morgan fingerprint density at radius 2 is 1.83 bits per heavy atom. The summed E-state index contributed by atoms with van der Waals surface area (Å²) in [6.45, 7) is 0. The molecule has 0 unspecified atom stereocenters. The zero-order valence-electron chi connectivity index (χ0n) is 17.7. The summed E-state index contributed by atoms with van der Waals surface area (Å²) in [5.74, 6) is -1.49. The number of aliphatic imine (C=N–C) groups is 1. The quantitative estimate of drug-likeness (QED) is 0.328. The molecule has 5 N–H and O–H groups in total. The van der Waals surface area contributed by atoms with Crippen LogP contribution in [0.2, 0.25) is 10.0 Å². The van der Waals surface area contributed by atoms with Crippen molar-refractivity contribution in [3.63, 3.8) is 0 Å². The highest BCUT2D eigenvalue weighted by Crippen LogP contribution is 2.32. The minimum atomic E-state index is -1.11. The molecule has 13 heteroatoms. The van der Waals surface area contributed by atoms with Gasteiger partial charge in [-0.25, -0.2) is 9.79 Å². The van der Waals surface area contributed by atoms with Gasteiger partial charge in [-0.2, -0.15) is 0 Å². The second-order valence-electron chi connectivity index (χ2n) is 7.42. The van der Waals surface area contributed by atoms with Gasteiger partial charge in [-0.3, -0.25) is 24.4 Å². The molecule has 0 aliphatic carbocycles. The van der Waals surface area contributed by atoms with Crippen molar-refractivity contribution in [2.45, 2.75) is 17.7 Å². The molecule has 0 spiro atoms. The highest BCUT2D eigenvalue weighted by molar-refractivity contribution is 8.15. The Morgan fingerprint density at radius 1 is 1.09 bits per heavy atom. The second kappa shape index (κ2) is 10.4. The first-order valence-corrected chi connectivity index (χ1v) is 11.7. The van der Waals surface area contributed by atoms with E-state index < -0.39 is 34.3 Å². The van der Waals surface area contributed by atoms with Gasteiger partial charge in [0.2, 0.25) is 17.7 Å². The number of carbonyl (C=O) groups is 2. The van der Waals surface area contributed by atoms with Gasteiger partial charge >= 0.3 is 5.69 Å². The number of nitrogens with zero attached hydrogens (tertiary/aromatic N) is 1. The highest BCUT2D eigenvalue weighted by atomic mass is 35.5. The Kier molecular flexibility index (Phi) is 7.29. The fraction of sp³-hybridized carbons (Fsp3) is 0.136. The van der Waals surface area contributed by atoms with E-state index >= 15 is 0 Å². The third kappa shape index (κ3) is 5.94. The SMILES string of the molecule is O=C(C[C@@H]1SC(=N[C@H](c2cccc(Cl)c2)c2c(O)[nH]c(=O)[nH]c2=O)NC1=O)Nc1ccc(Cl)cc1. The fourth-order valence-electron chi connectivity index (χ4n) is 3.35. The predicted octanol–water partition coefficient (Wildman–Crippen LogP) is 2.78. The van der Waals surface area contributed by atoms with Crippen molar-refractivity contribution >= 4 is 57.6 Å². The number of hydrogen-bond donors (Lipinski definition) is 5. The molecule has 35 heavy (non-hydrogen) atoms. The standard InChI is InChI=1S/C22H17Cl2N5O5S/c23-11-4-6-13(7-5-11)25-15(30)9-14-18(31)29-22(35-14)26-17(10-2-1-3-12(24)8-10)16-19(32)27-21(34)28-20(16)33/h1-8,14,17H,9H2,(H,25,30)(H,26,29,31)(H3,27,28,32,33,34)/t14-,17+/m0/s1. The van der Waals surface area contributed by atoms with Crippen LogP contribution in [0, 0.1) is 0 Å². The summed E-state index contributed by atoms with van der Waals surface area (Å²) in [5, 5.41) is 15.8. The third-order valence-electron chi connectivity index (χ3n) is 4.92. The van der Waals surface area contributed by atoms with Crippen LogP contribution < -0.4 is 21.9 Å². The molecule has 10 nitrogen and oxygen atoms in total. The first kappa shape index (κ1) is 24.6. The molecule has 0 saturated carbocycles. The number of amides is 2. The predicted molar refractivity (Wildman–Crippen MR) is 134 cm³/mol. The van der Waals surface area contributed by atoms with Crippen molar-refractivity contribution < 1.29 is 14.7 Å². The number of aromatic hydroxyl groups is 1. The summed E-state index contributed by atoms with van der Waals surface area (Å²) in [5.41, 5.74) is -1.02. The van der Waals surface area contributed by atoms with E-state index in [0.717, 1.165) is 11.8 Å². The lowest BCUT2D eigenvalue weighted by Crippen LogP contribution is -2.29. The molecular weight excluding hydrogens is 517 g/mol. The van der Waals surface area contributed by atoms with E-state index in [-0.39, 0.29) is 23.1 Å². The number of nitrogens with one attached hydrogen (secondary N) is 4. The van der Waals surface area contributed by atoms with Crippen molar-refractivity contribution in [2.24, 2.45) is 4.99 Å². The second-order valence-corrected chi connectivity index (χ2v) is 9.48. The Labute approximate surface area is 211 Å². The highest BCUT2D eigenvalue weighted by Gasteiger charge is 2.33. The van der Waals surface area contributed by atoms with Gasteiger partial charge in [-0.15, -0.1) is 0 Å². The number of carbonyl (C=O) groups excluding carboxylic acids is 2. The number of aromatic nitrogens is 2. The van der Waals surface area contributed by atoms with Gasteiger partial charge in [0.1, 0.15) is 16.9 Å². The summed E-state index contributed by atoms with van der Waals surface area (Å²) in [6, 6.07) is 11.8. The van der Waals surface area contributed by atoms with Crippen LogP contribution in [0.5, 0.6) is 5.88 Å². The lowest BCUT2D eigenvalue weighted by Gasteiger charge is -2.14. The van der Waals surface area contributed by atoms with Gasteiger partial charge in [-0.05, 0) is 42.0 Å².